The molecule has 0 amide bonds. The van der Waals surface area contributed by atoms with Gasteiger partial charge in [0.2, 0.25) is 0 Å². The van der Waals surface area contributed by atoms with Crippen LogP contribution in [0.2, 0.25) is 0 Å². The number of hydrogen-bond acceptors (Lipinski definition) is 3. The summed E-state index contributed by atoms with van der Waals surface area (Å²) < 4.78 is 13.6. The third-order valence-corrected chi connectivity index (χ3v) is 4.30. The smallest absolute Gasteiger partial charge is 0.347 e. The lowest BCUT2D eigenvalue weighted by Gasteiger charge is -2.01. The molecule has 1 N–H and O–H groups in total. The first-order valence-corrected chi connectivity index (χ1v) is 7.20. The van der Waals surface area contributed by atoms with Crippen molar-refractivity contribution in [1.82, 2.24) is 4.98 Å². The zero-order valence-electron chi connectivity index (χ0n) is 10.3. The van der Waals surface area contributed by atoms with E-state index in [1.54, 1.807) is 6.07 Å². The number of hydrogen-bond donors (Lipinski definition) is 1. The predicted octanol–water partition coefficient (Wildman–Crippen LogP) is 4.53. The number of thiazole rings is 1. The van der Waals surface area contributed by atoms with Gasteiger partial charge in [-0.25, -0.2) is 14.2 Å². The van der Waals surface area contributed by atoms with E-state index in [2.05, 4.69) is 20.9 Å². The number of carbonyl (C=O) groups is 1. The van der Waals surface area contributed by atoms with Crippen LogP contribution < -0.4 is 0 Å². The van der Waals surface area contributed by atoms with Gasteiger partial charge in [0.25, 0.3) is 0 Å². The first-order chi connectivity index (χ1) is 8.90. The quantitative estimate of drug-likeness (QED) is 0.890. The van der Waals surface area contributed by atoms with Gasteiger partial charge in [-0.1, -0.05) is 13.8 Å². The van der Waals surface area contributed by atoms with Crippen LogP contribution in [0.1, 0.15) is 35.1 Å². The first kappa shape index (κ1) is 14.1. The molecule has 0 saturated carbocycles. The molecule has 2 aromatic rings. The summed E-state index contributed by atoms with van der Waals surface area (Å²) in [6, 6.07) is 4.26. The molecule has 0 aliphatic heterocycles. The Bertz CT molecular complexity index is 640. The molecule has 0 atom stereocenters. The molecular formula is C13H11BrFNO2S. The number of halogens is 2. The molecule has 0 bridgehead atoms. The van der Waals surface area contributed by atoms with Crippen molar-refractivity contribution in [2.45, 2.75) is 19.8 Å². The molecule has 1 aromatic heterocycles. The zero-order valence-corrected chi connectivity index (χ0v) is 12.7. The summed E-state index contributed by atoms with van der Waals surface area (Å²) in [4.78, 5) is 15.8. The Kier molecular flexibility index (Phi) is 4.01. The van der Waals surface area contributed by atoms with Crippen LogP contribution in [0.5, 0.6) is 0 Å². The molecule has 0 unspecified atom stereocenters. The zero-order chi connectivity index (χ0) is 14.2. The van der Waals surface area contributed by atoms with Crippen molar-refractivity contribution in [1.29, 1.82) is 0 Å². The minimum absolute atomic E-state index is 0.0234. The SMILES string of the molecule is CC(C)c1nc(-c2ccc(F)cc2Br)sc1C(=O)O. The molecule has 19 heavy (non-hydrogen) atoms. The first-order valence-electron chi connectivity index (χ1n) is 5.59. The van der Waals surface area contributed by atoms with Crippen molar-refractivity contribution in [2.24, 2.45) is 0 Å². The number of nitrogens with zero attached hydrogens (tertiary/aromatic N) is 1. The second-order valence-corrected chi connectivity index (χ2v) is 6.17. The Morgan fingerprint density at radius 3 is 2.63 bits per heavy atom. The van der Waals surface area contributed by atoms with Crippen LogP contribution in [0.15, 0.2) is 22.7 Å². The van der Waals surface area contributed by atoms with E-state index in [4.69, 9.17) is 0 Å². The fraction of sp³-hybridized carbons (Fsp3) is 0.231. The molecule has 0 saturated heterocycles. The summed E-state index contributed by atoms with van der Waals surface area (Å²) in [5.41, 5.74) is 1.25. The lowest BCUT2D eigenvalue weighted by atomic mass is 10.1. The number of carboxylic acids is 1. The van der Waals surface area contributed by atoms with Crippen LogP contribution in [0.4, 0.5) is 4.39 Å². The van der Waals surface area contributed by atoms with Crippen molar-refractivity contribution in [3.05, 3.63) is 39.1 Å². The maximum Gasteiger partial charge on any atom is 0.347 e. The van der Waals surface area contributed by atoms with E-state index in [1.165, 1.54) is 12.1 Å². The van der Waals surface area contributed by atoms with Crippen LogP contribution >= 0.6 is 27.3 Å². The molecule has 1 aromatic carbocycles. The van der Waals surface area contributed by atoms with Gasteiger partial charge < -0.3 is 5.11 Å². The maximum atomic E-state index is 13.1. The third-order valence-electron chi connectivity index (χ3n) is 2.56. The fourth-order valence-corrected chi connectivity index (χ4v) is 3.42. The van der Waals surface area contributed by atoms with Crippen LogP contribution in [-0.2, 0) is 0 Å². The van der Waals surface area contributed by atoms with Crippen molar-refractivity contribution in [3.63, 3.8) is 0 Å². The molecule has 1 heterocycles. The number of benzene rings is 1. The standard InChI is InChI=1S/C13H11BrFNO2S/c1-6(2)10-11(13(17)18)19-12(16-10)8-4-3-7(15)5-9(8)14/h3-6H,1-2H3,(H,17,18). The summed E-state index contributed by atoms with van der Waals surface area (Å²) in [6.07, 6.45) is 0. The molecule has 3 nitrogen and oxygen atoms in total. The van der Waals surface area contributed by atoms with Gasteiger partial charge in [-0.15, -0.1) is 11.3 Å². The van der Waals surface area contributed by atoms with Crippen LogP contribution in [-0.4, -0.2) is 16.1 Å². The molecule has 2 rings (SSSR count). The van der Waals surface area contributed by atoms with Crippen LogP contribution in [0, 0.1) is 5.82 Å². The van der Waals surface area contributed by atoms with E-state index in [-0.39, 0.29) is 16.6 Å². The number of aromatic nitrogens is 1. The van der Waals surface area contributed by atoms with Crippen LogP contribution in [0.25, 0.3) is 10.6 Å². The van der Waals surface area contributed by atoms with E-state index in [0.717, 1.165) is 11.3 Å². The summed E-state index contributed by atoms with van der Waals surface area (Å²) in [5, 5.41) is 9.76. The Morgan fingerprint density at radius 2 is 2.16 bits per heavy atom. The van der Waals surface area contributed by atoms with Crippen molar-refractivity contribution in [2.75, 3.05) is 0 Å². The molecule has 6 heteroatoms. The van der Waals surface area contributed by atoms with E-state index in [1.807, 2.05) is 13.8 Å². The number of rotatable bonds is 3. The lowest BCUT2D eigenvalue weighted by molar-refractivity contribution is 0.0700. The summed E-state index contributed by atoms with van der Waals surface area (Å²) in [5.74, 6) is -1.31. The van der Waals surface area contributed by atoms with Gasteiger partial charge in [0.15, 0.2) is 0 Å². The maximum absolute atomic E-state index is 13.1. The summed E-state index contributed by atoms with van der Waals surface area (Å²) in [7, 11) is 0. The molecule has 0 radical (unpaired) electrons. The van der Waals surface area contributed by atoms with E-state index >= 15 is 0 Å². The van der Waals surface area contributed by atoms with E-state index in [0.29, 0.717) is 20.7 Å². The Morgan fingerprint density at radius 1 is 1.47 bits per heavy atom. The highest BCUT2D eigenvalue weighted by Crippen LogP contribution is 2.35. The molecular weight excluding hydrogens is 333 g/mol. The molecule has 0 fully saturated rings. The highest BCUT2D eigenvalue weighted by atomic mass is 79.9. The minimum atomic E-state index is -0.981. The average Bonchev–Trinajstić information content (AvgIpc) is 2.73. The molecule has 0 aliphatic carbocycles. The summed E-state index contributed by atoms with van der Waals surface area (Å²) in [6.45, 7) is 3.79. The highest BCUT2D eigenvalue weighted by Gasteiger charge is 2.21. The van der Waals surface area contributed by atoms with Crippen molar-refractivity contribution in [3.8, 4) is 10.6 Å². The molecule has 0 spiro atoms. The number of carboxylic acid groups (broad SMARTS) is 1. The van der Waals surface area contributed by atoms with Crippen molar-refractivity contribution < 1.29 is 14.3 Å². The van der Waals surface area contributed by atoms with Crippen LogP contribution in [0.3, 0.4) is 0 Å². The number of aromatic carboxylic acids is 1. The largest absolute Gasteiger partial charge is 0.477 e. The normalized spacial score (nSPS) is 11.0. The monoisotopic (exact) mass is 343 g/mol. The van der Waals surface area contributed by atoms with Gasteiger partial charge in [0.1, 0.15) is 15.7 Å². The minimum Gasteiger partial charge on any atom is -0.477 e. The highest BCUT2D eigenvalue weighted by molar-refractivity contribution is 9.10. The van der Waals surface area contributed by atoms with Gasteiger partial charge >= 0.3 is 5.97 Å². The second kappa shape index (κ2) is 5.38. The predicted molar refractivity (Wildman–Crippen MR) is 76.3 cm³/mol. The topological polar surface area (TPSA) is 50.2 Å². The van der Waals surface area contributed by atoms with E-state index < -0.39 is 5.97 Å². The van der Waals surface area contributed by atoms with Crippen molar-refractivity contribution >= 4 is 33.2 Å². The Balaban J connectivity index is 2.57. The van der Waals surface area contributed by atoms with Gasteiger partial charge in [-0.05, 0) is 40.0 Å². The van der Waals surface area contributed by atoms with Gasteiger partial charge in [-0.3, -0.25) is 0 Å². The Hall–Kier alpha value is -1.27. The third kappa shape index (κ3) is 2.84. The fourth-order valence-electron chi connectivity index (χ4n) is 1.65. The van der Waals surface area contributed by atoms with Gasteiger partial charge in [-0.2, -0.15) is 0 Å². The Labute approximate surface area is 122 Å². The van der Waals surface area contributed by atoms with Gasteiger partial charge in [0.05, 0.1) is 5.69 Å². The van der Waals surface area contributed by atoms with Gasteiger partial charge in [0, 0.05) is 10.0 Å². The van der Waals surface area contributed by atoms with E-state index in [9.17, 15) is 14.3 Å². The lowest BCUT2D eigenvalue weighted by Crippen LogP contribution is -2.00. The second-order valence-electron chi connectivity index (χ2n) is 4.32. The molecule has 100 valence electrons. The summed E-state index contributed by atoms with van der Waals surface area (Å²) >= 11 is 4.38. The molecule has 0 aliphatic rings. The average molecular weight is 344 g/mol.